The average molecular weight is 228 g/mol. The van der Waals surface area contributed by atoms with Crippen LogP contribution in [-0.4, -0.2) is 48.3 Å². The standard InChI is InChI=1S/C13H28N2O/c1-3-5-9-15(13-6-7-13)10-12(11-16)14-8-4-2/h12-14,16H,3-11H2,1-2H3. The molecule has 3 nitrogen and oxygen atoms in total. The van der Waals surface area contributed by atoms with Crippen molar-refractivity contribution in [1.82, 2.24) is 10.2 Å². The minimum absolute atomic E-state index is 0.259. The summed E-state index contributed by atoms with van der Waals surface area (Å²) >= 11 is 0. The fraction of sp³-hybridized carbons (Fsp3) is 1.00. The Morgan fingerprint density at radius 3 is 2.56 bits per heavy atom. The highest BCUT2D eigenvalue weighted by atomic mass is 16.3. The molecule has 0 aromatic carbocycles. The van der Waals surface area contributed by atoms with Crippen LogP contribution in [0, 0.1) is 0 Å². The van der Waals surface area contributed by atoms with Crippen LogP contribution in [0.3, 0.4) is 0 Å². The Hall–Kier alpha value is -0.120. The lowest BCUT2D eigenvalue weighted by Crippen LogP contribution is -2.44. The van der Waals surface area contributed by atoms with Gasteiger partial charge >= 0.3 is 0 Å². The molecule has 0 heterocycles. The second-order valence-corrected chi connectivity index (χ2v) is 4.91. The van der Waals surface area contributed by atoms with Gasteiger partial charge < -0.3 is 10.4 Å². The Labute approximate surface area is 100 Å². The first-order valence-electron chi connectivity index (χ1n) is 6.90. The molecular formula is C13H28N2O. The Kier molecular flexibility index (Phi) is 7.01. The predicted octanol–water partition coefficient (Wildman–Crippen LogP) is 1.61. The minimum atomic E-state index is 0.259. The first kappa shape index (κ1) is 13.9. The molecule has 1 fully saturated rings. The fourth-order valence-electron chi connectivity index (χ4n) is 2.04. The van der Waals surface area contributed by atoms with Crippen LogP contribution in [0.1, 0.15) is 46.0 Å². The van der Waals surface area contributed by atoms with Crippen LogP contribution in [0.25, 0.3) is 0 Å². The number of rotatable bonds is 10. The van der Waals surface area contributed by atoms with Crippen molar-refractivity contribution in [2.75, 3.05) is 26.2 Å². The topological polar surface area (TPSA) is 35.5 Å². The van der Waals surface area contributed by atoms with Crippen LogP contribution in [0.4, 0.5) is 0 Å². The molecule has 1 unspecified atom stereocenters. The number of aliphatic hydroxyl groups is 1. The highest BCUT2D eigenvalue weighted by Crippen LogP contribution is 2.27. The summed E-state index contributed by atoms with van der Waals surface area (Å²) in [6.45, 7) is 7.89. The van der Waals surface area contributed by atoms with Gasteiger partial charge in [-0.15, -0.1) is 0 Å². The maximum Gasteiger partial charge on any atom is 0.0597 e. The first-order valence-corrected chi connectivity index (χ1v) is 6.90. The summed E-state index contributed by atoms with van der Waals surface area (Å²) in [4.78, 5) is 2.56. The van der Waals surface area contributed by atoms with E-state index >= 15 is 0 Å². The first-order chi connectivity index (χ1) is 7.81. The van der Waals surface area contributed by atoms with Gasteiger partial charge in [-0.25, -0.2) is 0 Å². The van der Waals surface area contributed by atoms with Crippen molar-refractivity contribution in [2.24, 2.45) is 0 Å². The third-order valence-electron chi connectivity index (χ3n) is 3.22. The number of hydrogen-bond donors (Lipinski definition) is 2. The maximum absolute atomic E-state index is 9.34. The lowest BCUT2D eigenvalue weighted by Gasteiger charge is -2.27. The zero-order chi connectivity index (χ0) is 11.8. The molecule has 0 aromatic heterocycles. The van der Waals surface area contributed by atoms with Crippen molar-refractivity contribution >= 4 is 0 Å². The molecule has 16 heavy (non-hydrogen) atoms. The highest BCUT2D eigenvalue weighted by Gasteiger charge is 2.29. The summed E-state index contributed by atoms with van der Waals surface area (Å²) in [7, 11) is 0. The summed E-state index contributed by atoms with van der Waals surface area (Å²) in [5.74, 6) is 0. The largest absolute Gasteiger partial charge is 0.395 e. The van der Waals surface area contributed by atoms with Crippen molar-refractivity contribution in [3.8, 4) is 0 Å². The number of aliphatic hydroxyl groups excluding tert-OH is 1. The van der Waals surface area contributed by atoms with Gasteiger partial charge in [-0.05, 0) is 38.8 Å². The molecule has 0 aliphatic heterocycles. The smallest absolute Gasteiger partial charge is 0.0597 e. The van der Waals surface area contributed by atoms with Crippen LogP contribution in [0.15, 0.2) is 0 Å². The number of nitrogens with zero attached hydrogens (tertiary/aromatic N) is 1. The average Bonchev–Trinajstić information content (AvgIpc) is 3.12. The summed E-state index contributed by atoms with van der Waals surface area (Å²) in [6, 6.07) is 1.07. The lowest BCUT2D eigenvalue weighted by atomic mass is 10.2. The molecule has 1 atom stereocenters. The van der Waals surface area contributed by atoms with Crippen molar-refractivity contribution in [3.63, 3.8) is 0 Å². The third kappa shape index (κ3) is 5.28. The molecule has 0 aromatic rings. The quantitative estimate of drug-likeness (QED) is 0.596. The molecule has 0 saturated heterocycles. The van der Waals surface area contributed by atoms with Gasteiger partial charge in [0.2, 0.25) is 0 Å². The van der Waals surface area contributed by atoms with Gasteiger partial charge in [-0.3, -0.25) is 4.90 Å². The Balaban J connectivity index is 2.26. The van der Waals surface area contributed by atoms with Gasteiger partial charge in [0.15, 0.2) is 0 Å². The van der Waals surface area contributed by atoms with Crippen molar-refractivity contribution < 1.29 is 5.11 Å². The van der Waals surface area contributed by atoms with E-state index in [0.29, 0.717) is 0 Å². The van der Waals surface area contributed by atoms with Crippen molar-refractivity contribution in [2.45, 2.75) is 58.0 Å². The van der Waals surface area contributed by atoms with Crippen LogP contribution in [-0.2, 0) is 0 Å². The summed E-state index contributed by atoms with van der Waals surface area (Å²) < 4.78 is 0. The molecule has 1 aliphatic carbocycles. The zero-order valence-corrected chi connectivity index (χ0v) is 10.9. The molecule has 96 valence electrons. The lowest BCUT2D eigenvalue weighted by molar-refractivity contribution is 0.174. The molecule has 2 N–H and O–H groups in total. The van der Waals surface area contributed by atoms with E-state index in [4.69, 9.17) is 0 Å². The molecule has 0 amide bonds. The number of unbranched alkanes of at least 4 members (excludes halogenated alkanes) is 1. The molecule has 0 radical (unpaired) electrons. The number of nitrogens with one attached hydrogen (secondary N) is 1. The zero-order valence-electron chi connectivity index (χ0n) is 10.9. The van der Waals surface area contributed by atoms with E-state index in [1.54, 1.807) is 0 Å². The van der Waals surface area contributed by atoms with Gasteiger partial charge in [0.05, 0.1) is 6.61 Å². The summed E-state index contributed by atoms with van der Waals surface area (Å²) in [5.41, 5.74) is 0. The third-order valence-corrected chi connectivity index (χ3v) is 3.22. The van der Waals surface area contributed by atoms with Crippen LogP contribution >= 0.6 is 0 Å². The van der Waals surface area contributed by atoms with Crippen LogP contribution in [0.2, 0.25) is 0 Å². The fourth-order valence-corrected chi connectivity index (χ4v) is 2.04. The second-order valence-electron chi connectivity index (χ2n) is 4.91. The predicted molar refractivity (Wildman–Crippen MR) is 68.7 cm³/mol. The van der Waals surface area contributed by atoms with E-state index in [-0.39, 0.29) is 12.6 Å². The molecule has 3 heteroatoms. The Morgan fingerprint density at radius 2 is 2.06 bits per heavy atom. The van der Waals surface area contributed by atoms with Crippen molar-refractivity contribution in [3.05, 3.63) is 0 Å². The number of hydrogen-bond acceptors (Lipinski definition) is 3. The Morgan fingerprint density at radius 1 is 1.31 bits per heavy atom. The molecule has 0 bridgehead atoms. The van der Waals surface area contributed by atoms with E-state index in [0.717, 1.165) is 25.6 Å². The highest BCUT2D eigenvalue weighted by molar-refractivity contribution is 4.86. The van der Waals surface area contributed by atoms with E-state index in [1.807, 2.05) is 0 Å². The van der Waals surface area contributed by atoms with Gasteiger partial charge in [-0.2, -0.15) is 0 Å². The summed E-state index contributed by atoms with van der Waals surface area (Å²) in [6.07, 6.45) is 6.39. The molecule has 1 aliphatic rings. The normalized spacial score (nSPS) is 18.0. The van der Waals surface area contributed by atoms with Gasteiger partial charge in [0.25, 0.3) is 0 Å². The van der Waals surface area contributed by atoms with Crippen LogP contribution < -0.4 is 5.32 Å². The van der Waals surface area contributed by atoms with E-state index in [2.05, 4.69) is 24.1 Å². The Bertz CT molecular complexity index is 171. The molecule has 0 spiro atoms. The summed E-state index contributed by atoms with van der Waals surface area (Å²) in [5, 5.41) is 12.8. The SMILES string of the molecule is CCCCN(CC(CO)NCCC)C1CC1. The monoisotopic (exact) mass is 228 g/mol. The van der Waals surface area contributed by atoms with Crippen LogP contribution in [0.5, 0.6) is 0 Å². The van der Waals surface area contributed by atoms with E-state index in [1.165, 1.54) is 32.2 Å². The molecular weight excluding hydrogens is 200 g/mol. The van der Waals surface area contributed by atoms with Crippen molar-refractivity contribution in [1.29, 1.82) is 0 Å². The van der Waals surface area contributed by atoms with Gasteiger partial charge in [-0.1, -0.05) is 20.3 Å². The molecule has 1 saturated carbocycles. The van der Waals surface area contributed by atoms with E-state index < -0.39 is 0 Å². The second kappa shape index (κ2) is 8.04. The van der Waals surface area contributed by atoms with E-state index in [9.17, 15) is 5.11 Å². The minimum Gasteiger partial charge on any atom is -0.395 e. The van der Waals surface area contributed by atoms with Gasteiger partial charge in [0.1, 0.15) is 0 Å². The molecule has 1 rings (SSSR count). The maximum atomic E-state index is 9.34. The van der Waals surface area contributed by atoms with Gasteiger partial charge in [0, 0.05) is 18.6 Å².